The van der Waals surface area contributed by atoms with Crippen molar-refractivity contribution in [3.05, 3.63) is 35.9 Å². The SMILES string of the molecule is CC(ONC=O)c1ccccc1. The fourth-order valence-corrected chi connectivity index (χ4v) is 0.922. The number of amides is 1. The summed E-state index contributed by atoms with van der Waals surface area (Å²) in [6.45, 7) is 1.87. The topological polar surface area (TPSA) is 38.3 Å². The van der Waals surface area contributed by atoms with E-state index in [2.05, 4.69) is 5.48 Å². The first-order chi connectivity index (χ1) is 5.84. The van der Waals surface area contributed by atoms with Crippen LogP contribution in [-0.2, 0) is 9.63 Å². The Labute approximate surface area is 71.3 Å². The highest BCUT2D eigenvalue weighted by Crippen LogP contribution is 2.13. The van der Waals surface area contributed by atoms with Crippen molar-refractivity contribution in [1.29, 1.82) is 0 Å². The smallest absolute Gasteiger partial charge is 0.230 e. The molecule has 0 fully saturated rings. The summed E-state index contributed by atoms with van der Waals surface area (Å²) in [6, 6.07) is 9.67. The van der Waals surface area contributed by atoms with E-state index in [4.69, 9.17) is 4.84 Å². The number of hydrogen-bond donors (Lipinski definition) is 1. The Hall–Kier alpha value is -1.35. The number of carbonyl (C=O) groups excluding carboxylic acids is 1. The average molecular weight is 165 g/mol. The van der Waals surface area contributed by atoms with Crippen LogP contribution in [0.3, 0.4) is 0 Å². The Morgan fingerprint density at radius 2 is 2.08 bits per heavy atom. The van der Waals surface area contributed by atoms with E-state index in [-0.39, 0.29) is 6.10 Å². The third-order valence-electron chi connectivity index (χ3n) is 1.56. The standard InChI is InChI=1S/C9H11NO2/c1-8(12-10-7-11)9-5-3-2-4-6-9/h2-8H,1H3,(H,10,11). The summed E-state index contributed by atoms with van der Waals surface area (Å²) in [6.07, 6.45) is 0.399. The third kappa shape index (κ3) is 2.36. The van der Waals surface area contributed by atoms with Crippen LogP contribution in [0, 0.1) is 0 Å². The zero-order chi connectivity index (χ0) is 8.81. The average Bonchev–Trinajstić information content (AvgIpc) is 2.15. The number of carbonyl (C=O) groups is 1. The highest BCUT2D eigenvalue weighted by atomic mass is 16.7. The molecule has 1 atom stereocenters. The van der Waals surface area contributed by atoms with Gasteiger partial charge >= 0.3 is 0 Å². The maximum Gasteiger partial charge on any atom is 0.230 e. The van der Waals surface area contributed by atoms with Gasteiger partial charge in [0.2, 0.25) is 6.41 Å². The van der Waals surface area contributed by atoms with Crippen LogP contribution >= 0.6 is 0 Å². The molecule has 0 bridgehead atoms. The van der Waals surface area contributed by atoms with Gasteiger partial charge in [0.1, 0.15) is 6.10 Å². The molecule has 12 heavy (non-hydrogen) atoms. The predicted molar refractivity (Wildman–Crippen MR) is 45.1 cm³/mol. The zero-order valence-electron chi connectivity index (χ0n) is 6.86. The third-order valence-corrected chi connectivity index (χ3v) is 1.56. The van der Waals surface area contributed by atoms with Gasteiger partial charge in [-0.25, -0.2) is 5.48 Å². The molecule has 1 aromatic carbocycles. The molecule has 0 aliphatic heterocycles. The van der Waals surface area contributed by atoms with Gasteiger partial charge in [-0.3, -0.25) is 9.63 Å². The van der Waals surface area contributed by atoms with Gasteiger partial charge in [-0.2, -0.15) is 0 Å². The van der Waals surface area contributed by atoms with Crippen molar-refractivity contribution in [3.8, 4) is 0 Å². The van der Waals surface area contributed by atoms with Gasteiger partial charge in [-0.15, -0.1) is 0 Å². The largest absolute Gasteiger partial charge is 0.277 e. The van der Waals surface area contributed by atoms with Crippen molar-refractivity contribution in [3.63, 3.8) is 0 Å². The predicted octanol–water partition coefficient (Wildman–Crippen LogP) is 1.43. The van der Waals surface area contributed by atoms with E-state index in [9.17, 15) is 4.79 Å². The van der Waals surface area contributed by atoms with Crippen LogP contribution in [0.25, 0.3) is 0 Å². The van der Waals surface area contributed by atoms with Crippen LogP contribution in [0.2, 0.25) is 0 Å². The fourth-order valence-electron chi connectivity index (χ4n) is 0.922. The molecule has 3 nitrogen and oxygen atoms in total. The Morgan fingerprint density at radius 1 is 1.42 bits per heavy atom. The summed E-state index contributed by atoms with van der Waals surface area (Å²) in [5.41, 5.74) is 3.20. The summed E-state index contributed by atoms with van der Waals surface area (Å²) in [7, 11) is 0. The van der Waals surface area contributed by atoms with Gasteiger partial charge in [0.15, 0.2) is 0 Å². The molecule has 1 rings (SSSR count). The number of rotatable bonds is 4. The minimum atomic E-state index is -0.114. The highest BCUT2D eigenvalue weighted by Gasteiger charge is 2.03. The first-order valence-electron chi connectivity index (χ1n) is 3.74. The van der Waals surface area contributed by atoms with E-state index < -0.39 is 0 Å². The molecule has 3 heteroatoms. The van der Waals surface area contributed by atoms with Crippen molar-refractivity contribution in [2.45, 2.75) is 13.0 Å². The Morgan fingerprint density at radius 3 is 2.67 bits per heavy atom. The van der Waals surface area contributed by atoms with Crippen LogP contribution in [0.4, 0.5) is 0 Å². The molecular formula is C9H11NO2. The molecule has 0 saturated heterocycles. The van der Waals surface area contributed by atoms with Crippen LogP contribution in [0.1, 0.15) is 18.6 Å². The molecule has 1 aromatic rings. The number of hydrogen-bond acceptors (Lipinski definition) is 2. The molecule has 1 amide bonds. The van der Waals surface area contributed by atoms with Crippen molar-refractivity contribution in [1.82, 2.24) is 5.48 Å². The van der Waals surface area contributed by atoms with Crippen LogP contribution < -0.4 is 5.48 Å². The second-order valence-corrected chi connectivity index (χ2v) is 2.41. The second kappa shape index (κ2) is 4.51. The first-order valence-corrected chi connectivity index (χ1v) is 3.74. The summed E-state index contributed by atoms with van der Waals surface area (Å²) in [5.74, 6) is 0. The van der Waals surface area contributed by atoms with Gasteiger partial charge < -0.3 is 0 Å². The van der Waals surface area contributed by atoms with Crippen molar-refractivity contribution >= 4 is 6.41 Å². The molecule has 1 N–H and O–H groups in total. The van der Waals surface area contributed by atoms with E-state index >= 15 is 0 Å². The Bertz CT molecular complexity index is 236. The monoisotopic (exact) mass is 165 g/mol. The van der Waals surface area contributed by atoms with Crippen molar-refractivity contribution < 1.29 is 9.63 Å². The summed E-state index contributed by atoms with van der Waals surface area (Å²) in [5, 5.41) is 0. The minimum absolute atomic E-state index is 0.114. The van der Waals surface area contributed by atoms with Crippen LogP contribution in [0.5, 0.6) is 0 Å². The first kappa shape index (κ1) is 8.74. The Balaban J connectivity index is 2.53. The lowest BCUT2D eigenvalue weighted by molar-refractivity contribution is -0.124. The lowest BCUT2D eigenvalue weighted by Crippen LogP contribution is -2.14. The Kier molecular flexibility index (Phi) is 3.29. The van der Waals surface area contributed by atoms with E-state index in [1.54, 1.807) is 0 Å². The van der Waals surface area contributed by atoms with Gasteiger partial charge in [0.05, 0.1) is 0 Å². The number of benzene rings is 1. The number of nitrogens with one attached hydrogen (secondary N) is 1. The molecule has 0 radical (unpaired) electrons. The lowest BCUT2D eigenvalue weighted by atomic mass is 10.1. The molecule has 0 saturated carbocycles. The highest BCUT2D eigenvalue weighted by molar-refractivity contribution is 5.43. The molecule has 0 heterocycles. The van der Waals surface area contributed by atoms with E-state index in [0.717, 1.165) is 5.56 Å². The quantitative estimate of drug-likeness (QED) is 0.541. The second-order valence-electron chi connectivity index (χ2n) is 2.41. The molecule has 64 valence electrons. The minimum Gasteiger partial charge on any atom is -0.277 e. The summed E-state index contributed by atoms with van der Waals surface area (Å²) >= 11 is 0. The molecule has 0 spiro atoms. The number of hydroxylamine groups is 1. The van der Waals surface area contributed by atoms with E-state index in [0.29, 0.717) is 6.41 Å². The van der Waals surface area contributed by atoms with Gasteiger partial charge in [0, 0.05) is 0 Å². The fraction of sp³-hybridized carbons (Fsp3) is 0.222. The lowest BCUT2D eigenvalue weighted by Gasteiger charge is -2.10. The maximum atomic E-state index is 9.90. The molecule has 0 aliphatic carbocycles. The van der Waals surface area contributed by atoms with Gasteiger partial charge in [-0.05, 0) is 12.5 Å². The summed E-state index contributed by atoms with van der Waals surface area (Å²) in [4.78, 5) is 14.9. The molecule has 0 aliphatic rings. The summed E-state index contributed by atoms with van der Waals surface area (Å²) < 4.78 is 0. The van der Waals surface area contributed by atoms with Crippen LogP contribution in [0.15, 0.2) is 30.3 Å². The van der Waals surface area contributed by atoms with Gasteiger partial charge in [0.25, 0.3) is 0 Å². The maximum absolute atomic E-state index is 9.90. The van der Waals surface area contributed by atoms with Crippen molar-refractivity contribution in [2.75, 3.05) is 0 Å². The molecule has 0 aromatic heterocycles. The van der Waals surface area contributed by atoms with E-state index in [1.807, 2.05) is 37.3 Å². The molecular weight excluding hydrogens is 154 g/mol. The van der Waals surface area contributed by atoms with Crippen molar-refractivity contribution in [2.24, 2.45) is 0 Å². The molecule has 1 unspecified atom stereocenters. The normalized spacial score (nSPS) is 12.1. The zero-order valence-corrected chi connectivity index (χ0v) is 6.86. The van der Waals surface area contributed by atoms with E-state index in [1.165, 1.54) is 0 Å². The van der Waals surface area contributed by atoms with Gasteiger partial charge in [-0.1, -0.05) is 30.3 Å². The van der Waals surface area contributed by atoms with Crippen LogP contribution in [-0.4, -0.2) is 6.41 Å².